The fraction of sp³-hybridized carbons (Fsp3) is 0.222. The van der Waals surface area contributed by atoms with Crippen LogP contribution < -0.4 is 15.2 Å². The minimum atomic E-state index is -3.64. The molecule has 0 aliphatic carbocycles. The summed E-state index contributed by atoms with van der Waals surface area (Å²) in [5.41, 5.74) is 6.12. The van der Waals surface area contributed by atoms with Crippen molar-refractivity contribution in [2.45, 2.75) is 6.92 Å². The largest absolute Gasteiger partial charge is 0.399 e. The van der Waals surface area contributed by atoms with Gasteiger partial charge in [-0.05, 0) is 18.2 Å². The lowest BCUT2D eigenvalue weighted by molar-refractivity contribution is -0.114. The maximum Gasteiger partial charge on any atom is 0.306 e. The molecule has 0 aliphatic heterocycles. The zero-order valence-corrected chi connectivity index (χ0v) is 9.67. The highest BCUT2D eigenvalue weighted by molar-refractivity contribution is 7.86. The molecule has 1 amide bonds. The van der Waals surface area contributed by atoms with Gasteiger partial charge in [-0.25, -0.2) is 0 Å². The summed E-state index contributed by atoms with van der Waals surface area (Å²) < 4.78 is 26.6. The Morgan fingerprint density at radius 1 is 1.44 bits per heavy atom. The third-order valence-corrected chi connectivity index (χ3v) is 2.04. The molecule has 0 heterocycles. The number of carbonyl (C=O) groups excluding carboxylic acids is 1. The molecular formula is C9H12N2O4S. The van der Waals surface area contributed by atoms with Crippen LogP contribution in [0, 0.1) is 0 Å². The lowest BCUT2D eigenvalue weighted by atomic mass is 10.2. The molecule has 0 bridgehead atoms. The average molecular weight is 244 g/mol. The first-order valence-electron chi connectivity index (χ1n) is 4.34. The highest BCUT2D eigenvalue weighted by Crippen LogP contribution is 2.27. The molecule has 0 atom stereocenters. The van der Waals surface area contributed by atoms with Crippen molar-refractivity contribution < 1.29 is 17.4 Å². The summed E-state index contributed by atoms with van der Waals surface area (Å²) in [5.74, 6) is -0.309. The van der Waals surface area contributed by atoms with E-state index in [9.17, 15) is 13.2 Å². The molecule has 3 N–H and O–H groups in total. The van der Waals surface area contributed by atoms with E-state index in [1.807, 2.05) is 0 Å². The minimum absolute atomic E-state index is 0.0342. The van der Waals surface area contributed by atoms with E-state index < -0.39 is 10.1 Å². The molecular weight excluding hydrogens is 232 g/mol. The SMILES string of the molecule is CC(=O)Nc1cc(N)ccc1OS(C)(=O)=O. The molecule has 6 nitrogen and oxygen atoms in total. The number of hydrogen-bond donors (Lipinski definition) is 2. The molecule has 1 aromatic rings. The van der Waals surface area contributed by atoms with Crippen molar-refractivity contribution in [2.24, 2.45) is 0 Å². The number of nitrogen functional groups attached to an aromatic ring is 1. The van der Waals surface area contributed by atoms with E-state index in [2.05, 4.69) is 5.32 Å². The van der Waals surface area contributed by atoms with Crippen LogP contribution >= 0.6 is 0 Å². The van der Waals surface area contributed by atoms with Gasteiger partial charge in [0.2, 0.25) is 5.91 Å². The van der Waals surface area contributed by atoms with E-state index in [4.69, 9.17) is 9.92 Å². The van der Waals surface area contributed by atoms with E-state index >= 15 is 0 Å². The molecule has 7 heteroatoms. The normalized spacial score (nSPS) is 10.9. The van der Waals surface area contributed by atoms with E-state index in [-0.39, 0.29) is 17.3 Å². The van der Waals surface area contributed by atoms with Crippen molar-refractivity contribution in [1.29, 1.82) is 0 Å². The summed E-state index contributed by atoms with van der Waals surface area (Å²) in [6.45, 7) is 1.30. The van der Waals surface area contributed by atoms with E-state index in [0.29, 0.717) is 5.69 Å². The standard InChI is InChI=1S/C9H12N2O4S/c1-6(12)11-8-5-7(10)3-4-9(8)15-16(2,13)14/h3-5H,10H2,1-2H3,(H,11,12). The maximum atomic E-state index is 11.0. The Kier molecular flexibility index (Phi) is 3.38. The molecule has 0 spiro atoms. The average Bonchev–Trinajstić information content (AvgIpc) is 2.06. The van der Waals surface area contributed by atoms with Crippen LogP contribution in [0.3, 0.4) is 0 Å². The van der Waals surface area contributed by atoms with Gasteiger partial charge in [0, 0.05) is 12.6 Å². The Bertz CT molecular complexity index is 510. The van der Waals surface area contributed by atoms with Gasteiger partial charge in [0.1, 0.15) is 0 Å². The lowest BCUT2D eigenvalue weighted by Gasteiger charge is -2.10. The van der Waals surface area contributed by atoms with E-state index in [1.54, 1.807) is 0 Å². The Hall–Kier alpha value is -1.76. The van der Waals surface area contributed by atoms with Crippen molar-refractivity contribution in [3.05, 3.63) is 18.2 Å². The van der Waals surface area contributed by atoms with Gasteiger partial charge in [-0.3, -0.25) is 4.79 Å². The first-order valence-corrected chi connectivity index (χ1v) is 6.16. The topological polar surface area (TPSA) is 98.5 Å². The fourth-order valence-corrected chi connectivity index (χ4v) is 1.54. The van der Waals surface area contributed by atoms with Crippen LogP contribution in [0.2, 0.25) is 0 Å². The highest BCUT2D eigenvalue weighted by atomic mass is 32.2. The molecule has 88 valence electrons. The van der Waals surface area contributed by atoms with Gasteiger partial charge in [-0.1, -0.05) is 0 Å². The quantitative estimate of drug-likeness (QED) is 0.598. The van der Waals surface area contributed by atoms with Gasteiger partial charge in [0.25, 0.3) is 0 Å². The number of nitrogens with two attached hydrogens (primary N) is 1. The van der Waals surface area contributed by atoms with Gasteiger partial charge >= 0.3 is 10.1 Å². The maximum absolute atomic E-state index is 11.0. The first kappa shape index (κ1) is 12.3. The Morgan fingerprint density at radius 2 is 2.06 bits per heavy atom. The predicted molar refractivity (Wildman–Crippen MR) is 60.6 cm³/mol. The van der Waals surface area contributed by atoms with Gasteiger partial charge in [0.15, 0.2) is 5.75 Å². The fourth-order valence-electron chi connectivity index (χ4n) is 1.07. The number of hydrogen-bond acceptors (Lipinski definition) is 5. The Morgan fingerprint density at radius 3 is 2.56 bits per heavy atom. The summed E-state index contributed by atoms with van der Waals surface area (Å²) in [4.78, 5) is 10.9. The molecule has 0 saturated carbocycles. The van der Waals surface area contributed by atoms with Gasteiger partial charge in [0.05, 0.1) is 11.9 Å². The van der Waals surface area contributed by atoms with Gasteiger partial charge in [-0.15, -0.1) is 0 Å². The summed E-state index contributed by atoms with van der Waals surface area (Å²) in [6, 6.07) is 4.27. The van der Waals surface area contributed by atoms with Crippen molar-refractivity contribution >= 4 is 27.4 Å². The second-order valence-electron chi connectivity index (χ2n) is 3.22. The summed E-state index contributed by atoms with van der Waals surface area (Å²) >= 11 is 0. The lowest BCUT2D eigenvalue weighted by Crippen LogP contribution is -2.11. The smallest absolute Gasteiger partial charge is 0.306 e. The molecule has 0 radical (unpaired) electrons. The monoisotopic (exact) mass is 244 g/mol. The molecule has 1 rings (SSSR count). The molecule has 0 unspecified atom stereocenters. The number of carbonyl (C=O) groups is 1. The van der Waals surface area contributed by atoms with Crippen LogP contribution in [0.4, 0.5) is 11.4 Å². The summed E-state index contributed by atoms with van der Waals surface area (Å²) in [7, 11) is -3.64. The summed E-state index contributed by atoms with van der Waals surface area (Å²) in [5, 5.41) is 2.43. The van der Waals surface area contributed by atoms with Crippen LogP contribution in [0.25, 0.3) is 0 Å². The molecule has 16 heavy (non-hydrogen) atoms. The predicted octanol–water partition coefficient (Wildman–Crippen LogP) is 0.566. The number of benzene rings is 1. The summed E-state index contributed by atoms with van der Waals surface area (Å²) in [6.07, 6.45) is 0.918. The van der Waals surface area contributed by atoms with Crippen molar-refractivity contribution in [1.82, 2.24) is 0 Å². The molecule has 0 aliphatic rings. The first-order chi connectivity index (χ1) is 7.28. The van der Waals surface area contributed by atoms with E-state index in [1.165, 1.54) is 25.1 Å². The molecule has 0 fully saturated rings. The zero-order valence-electron chi connectivity index (χ0n) is 8.85. The van der Waals surface area contributed by atoms with Crippen molar-refractivity contribution in [3.63, 3.8) is 0 Å². The van der Waals surface area contributed by atoms with Gasteiger partial charge in [-0.2, -0.15) is 8.42 Å². The zero-order chi connectivity index (χ0) is 12.3. The number of anilines is 2. The van der Waals surface area contributed by atoms with Crippen LogP contribution in [-0.2, 0) is 14.9 Å². The highest BCUT2D eigenvalue weighted by Gasteiger charge is 2.11. The van der Waals surface area contributed by atoms with Crippen LogP contribution in [0.5, 0.6) is 5.75 Å². The third kappa shape index (κ3) is 3.77. The van der Waals surface area contributed by atoms with Crippen LogP contribution in [0.15, 0.2) is 18.2 Å². The molecule has 0 aromatic heterocycles. The number of nitrogens with one attached hydrogen (secondary N) is 1. The van der Waals surface area contributed by atoms with Crippen molar-refractivity contribution in [3.8, 4) is 5.75 Å². The Labute approximate surface area is 93.5 Å². The second-order valence-corrected chi connectivity index (χ2v) is 4.80. The van der Waals surface area contributed by atoms with Crippen LogP contribution in [-0.4, -0.2) is 20.6 Å². The minimum Gasteiger partial charge on any atom is -0.399 e. The molecule has 1 aromatic carbocycles. The van der Waals surface area contributed by atoms with Gasteiger partial charge < -0.3 is 15.2 Å². The molecule has 0 saturated heterocycles. The van der Waals surface area contributed by atoms with Crippen molar-refractivity contribution in [2.75, 3.05) is 17.3 Å². The number of amides is 1. The third-order valence-electron chi connectivity index (χ3n) is 1.56. The second kappa shape index (κ2) is 4.40. The van der Waals surface area contributed by atoms with Crippen LogP contribution in [0.1, 0.15) is 6.92 Å². The Balaban J connectivity index is 3.12. The number of rotatable bonds is 3. The van der Waals surface area contributed by atoms with E-state index in [0.717, 1.165) is 6.26 Å².